The number of benzene rings is 2. The van der Waals surface area contributed by atoms with Gasteiger partial charge in [-0.2, -0.15) is 0 Å². The molecular weight excluding hydrogens is 368 g/mol. The zero-order valence-electron chi connectivity index (χ0n) is 16.8. The number of anilines is 2. The van der Waals surface area contributed by atoms with Gasteiger partial charge in [0.25, 0.3) is 0 Å². The Labute approximate surface area is 169 Å². The topological polar surface area (TPSA) is 76.6 Å². The van der Waals surface area contributed by atoms with Gasteiger partial charge in [0.15, 0.2) is 11.5 Å². The number of nitrogens with one attached hydrogen (secondary N) is 1. The van der Waals surface area contributed by atoms with Gasteiger partial charge < -0.3 is 19.7 Å². The molecule has 0 bridgehead atoms. The number of ether oxygens (including phenoxy) is 2. The van der Waals surface area contributed by atoms with Crippen molar-refractivity contribution in [3.8, 4) is 11.5 Å². The van der Waals surface area contributed by atoms with Gasteiger partial charge in [-0.05, 0) is 43.5 Å². The first-order chi connectivity index (χ1) is 14.1. The highest BCUT2D eigenvalue weighted by molar-refractivity contribution is 6.00. The summed E-state index contributed by atoms with van der Waals surface area (Å²) in [6.07, 6.45) is 3.27. The van der Waals surface area contributed by atoms with Crippen LogP contribution in [0.1, 0.15) is 18.4 Å². The molecule has 1 amide bonds. The van der Waals surface area contributed by atoms with Crippen molar-refractivity contribution in [1.29, 1.82) is 0 Å². The number of aryl methyl sites for hydroxylation is 1. The van der Waals surface area contributed by atoms with E-state index in [2.05, 4.69) is 20.2 Å². The molecule has 0 aliphatic carbocycles. The van der Waals surface area contributed by atoms with Crippen LogP contribution in [0.5, 0.6) is 11.5 Å². The molecule has 1 atom stereocenters. The molecule has 1 fully saturated rings. The Bertz CT molecular complexity index is 1050. The van der Waals surface area contributed by atoms with E-state index in [1.807, 2.05) is 37.3 Å². The number of nitrogens with zero attached hydrogens (tertiary/aromatic N) is 3. The van der Waals surface area contributed by atoms with Crippen LogP contribution in [0.15, 0.2) is 42.7 Å². The van der Waals surface area contributed by atoms with Gasteiger partial charge in [-0.25, -0.2) is 9.97 Å². The van der Waals surface area contributed by atoms with Crippen LogP contribution >= 0.6 is 0 Å². The van der Waals surface area contributed by atoms with Gasteiger partial charge in [0.2, 0.25) is 5.91 Å². The van der Waals surface area contributed by atoms with Crippen LogP contribution in [-0.4, -0.2) is 42.7 Å². The maximum absolute atomic E-state index is 13.2. The monoisotopic (exact) mass is 392 g/mol. The lowest BCUT2D eigenvalue weighted by Gasteiger charge is -2.26. The van der Waals surface area contributed by atoms with E-state index >= 15 is 0 Å². The Balaban J connectivity index is 1.62. The zero-order chi connectivity index (χ0) is 20.4. The van der Waals surface area contributed by atoms with Crippen LogP contribution in [0, 0.1) is 6.92 Å². The molecule has 150 valence electrons. The summed E-state index contributed by atoms with van der Waals surface area (Å²) >= 11 is 0. The van der Waals surface area contributed by atoms with Crippen molar-refractivity contribution in [3.63, 3.8) is 0 Å². The molecule has 1 unspecified atom stereocenters. The number of methoxy groups -OCH3 is 2. The molecule has 1 aliphatic heterocycles. The van der Waals surface area contributed by atoms with E-state index in [1.165, 1.54) is 0 Å². The number of rotatable bonds is 5. The second kappa shape index (κ2) is 7.95. The van der Waals surface area contributed by atoms with Gasteiger partial charge in [-0.3, -0.25) is 4.79 Å². The lowest BCUT2D eigenvalue weighted by Crippen LogP contribution is -2.40. The van der Waals surface area contributed by atoms with Gasteiger partial charge in [0.1, 0.15) is 18.2 Å². The highest BCUT2D eigenvalue weighted by Crippen LogP contribution is 2.34. The molecule has 4 rings (SSSR count). The minimum atomic E-state index is -0.291. The summed E-state index contributed by atoms with van der Waals surface area (Å²) in [7, 11) is 3.18. The summed E-state index contributed by atoms with van der Waals surface area (Å²) in [6, 6.07) is 11.2. The number of hydrogen-bond acceptors (Lipinski definition) is 6. The summed E-state index contributed by atoms with van der Waals surface area (Å²) in [5.41, 5.74) is 2.50. The minimum Gasteiger partial charge on any atom is -0.493 e. The minimum absolute atomic E-state index is 0.0551. The van der Waals surface area contributed by atoms with Crippen molar-refractivity contribution in [1.82, 2.24) is 9.97 Å². The van der Waals surface area contributed by atoms with Crippen LogP contribution in [0.2, 0.25) is 0 Å². The molecule has 29 heavy (non-hydrogen) atoms. The molecule has 0 spiro atoms. The first-order valence-corrected chi connectivity index (χ1v) is 9.62. The number of fused-ring (bicyclic) bond motifs is 1. The molecule has 1 aromatic heterocycles. The molecular formula is C22H24N4O3. The molecule has 7 nitrogen and oxygen atoms in total. The molecule has 1 aliphatic rings. The lowest BCUT2D eigenvalue weighted by molar-refractivity contribution is -0.117. The second-order valence-corrected chi connectivity index (χ2v) is 7.08. The molecule has 7 heteroatoms. The fourth-order valence-electron chi connectivity index (χ4n) is 3.84. The summed E-state index contributed by atoms with van der Waals surface area (Å²) < 4.78 is 10.7. The van der Waals surface area contributed by atoms with Crippen molar-refractivity contribution in [2.75, 3.05) is 31.0 Å². The van der Waals surface area contributed by atoms with Gasteiger partial charge in [-0.1, -0.05) is 12.1 Å². The lowest BCUT2D eigenvalue weighted by atomic mass is 10.1. The van der Waals surface area contributed by atoms with E-state index in [0.29, 0.717) is 17.2 Å². The van der Waals surface area contributed by atoms with Crippen molar-refractivity contribution < 1.29 is 14.3 Å². The third-order valence-electron chi connectivity index (χ3n) is 5.34. The Kier molecular flexibility index (Phi) is 5.20. The molecule has 0 radical (unpaired) electrons. The third kappa shape index (κ3) is 3.55. The van der Waals surface area contributed by atoms with Crippen molar-refractivity contribution in [2.24, 2.45) is 0 Å². The summed E-state index contributed by atoms with van der Waals surface area (Å²) in [5, 5.41) is 4.02. The summed E-state index contributed by atoms with van der Waals surface area (Å²) in [5.74, 6) is 1.97. The normalized spacial score (nSPS) is 16.1. The Morgan fingerprint density at radius 3 is 2.69 bits per heavy atom. The van der Waals surface area contributed by atoms with Gasteiger partial charge in [0.05, 0.1) is 19.7 Å². The number of amides is 1. The number of para-hydroxylation sites is 1. The fraction of sp³-hybridized carbons (Fsp3) is 0.318. The molecule has 3 aromatic rings. The largest absolute Gasteiger partial charge is 0.493 e. The van der Waals surface area contributed by atoms with E-state index in [4.69, 9.17) is 9.47 Å². The maximum Gasteiger partial charge on any atom is 0.247 e. The number of aromatic nitrogens is 2. The van der Waals surface area contributed by atoms with Crippen molar-refractivity contribution in [3.05, 3.63) is 48.3 Å². The highest BCUT2D eigenvalue weighted by Gasteiger charge is 2.33. The van der Waals surface area contributed by atoms with Crippen LogP contribution in [0.3, 0.4) is 0 Å². The van der Waals surface area contributed by atoms with Crippen LogP contribution in [-0.2, 0) is 4.79 Å². The average molecular weight is 392 g/mol. The van der Waals surface area contributed by atoms with E-state index in [0.717, 1.165) is 41.7 Å². The number of carbonyl (C=O) groups is 1. The molecule has 0 saturated carbocycles. The average Bonchev–Trinajstić information content (AvgIpc) is 3.24. The Morgan fingerprint density at radius 1 is 1.14 bits per heavy atom. The molecule has 2 heterocycles. The first-order valence-electron chi connectivity index (χ1n) is 9.62. The van der Waals surface area contributed by atoms with Gasteiger partial charge in [0, 0.05) is 23.7 Å². The number of hydrogen-bond donors (Lipinski definition) is 1. The molecule has 1 N–H and O–H groups in total. The Morgan fingerprint density at radius 2 is 1.90 bits per heavy atom. The van der Waals surface area contributed by atoms with E-state index in [9.17, 15) is 4.79 Å². The van der Waals surface area contributed by atoms with E-state index in [1.54, 1.807) is 26.6 Å². The molecule has 1 saturated heterocycles. The fourth-order valence-corrected chi connectivity index (χ4v) is 3.84. The zero-order valence-corrected chi connectivity index (χ0v) is 16.8. The first kappa shape index (κ1) is 19.0. The van der Waals surface area contributed by atoms with E-state index < -0.39 is 0 Å². The van der Waals surface area contributed by atoms with Crippen molar-refractivity contribution >= 4 is 28.3 Å². The van der Waals surface area contributed by atoms with E-state index in [-0.39, 0.29) is 11.9 Å². The van der Waals surface area contributed by atoms with Gasteiger partial charge in [-0.15, -0.1) is 0 Å². The number of carbonyl (C=O) groups excluding carboxylic acids is 1. The highest BCUT2D eigenvalue weighted by atomic mass is 16.5. The summed E-state index contributed by atoms with van der Waals surface area (Å²) in [4.78, 5) is 24.1. The summed E-state index contributed by atoms with van der Waals surface area (Å²) in [6.45, 7) is 2.71. The van der Waals surface area contributed by atoms with Gasteiger partial charge >= 0.3 is 0 Å². The molecule has 2 aromatic carbocycles. The standard InChI is InChI=1S/C22H24N4O3/c1-14-11-19(28-2)20(29-3)12-17(14)25-22(27)18-9-6-10-26(18)21-15-7-4-5-8-16(15)23-13-24-21/h4-5,7-8,11-13,18H,6,9-10H2,1-3H3,(H,25,27). The SMILES string of the molecule is COc1cc(C)c(NC(=O)C2CCCN2c2ncnc3ccccc23)cc1OC. The van der Waals surface area contributed by atoms with Crippen molar-refractivity contribution in [2.45, 2.75) is 25.8 Å². The second-order valence-electron chi connectivity index (χ2n) is 7.08. The predicted octanol–water partition coefficient (Wildman–Crippen LogP) is 3.56. The maximum atomic E-state index is 13.2. The predicted molar refractivity (Wildman–Crippen MR) is 113 cm³/mol. The quantitative estimate of drug-likeness (QED) is 0.715. The smallest absolute Gasteiger partial charge is 0.247 e. The van der Waals surface area contributed by atoms with Crippen LogP contribution in [0.25, 0.3) is 10.9 Å². The van der Waals surface area contributed by atoms with Crippen LogP contribution < -0.4 is 19.7 Å². The van der Waals surface area contributed by atoms with Crippen LogP contribution in [0.4, 0.5) is 11.5 Å². The third-order valence-corrected chi connectivity index (χ3v) is 5.34. The Hall–Kier alpha value is -3.35.